The van der Waals surface area contributed by atoms with Gasteiger partial charge < -0.3 is 19.7 Å². The predicted octanol–water partition coefficient (Wildman–Crippen LogP) is 0.594. The Balaban J connectivity index is 2.19. The van der Waals surface area contributed by atoms with Crippen LogP contribution in [-0.2, 0) is 0 Å². The zero-order valence-electron chi connectivity index (χ0n) is 10.0. The van der Waals surface area contributed by atoms with Crippen LogP contribution in [0.4, 0.5) is 0 Å². The minimum Gasteiger partial charge on any atom is -0.361 e. The van der Waals surface area contributed by atoms with Gasteiger partial charge in [0.1, 0.15) is 11.3 Å². The maximum atomic E-state index is 5.93. The van der Waals surface area contributed by atoms with Crippen molar-refractivity contribution < 1.29 is 9.05 Å². The van der Waals surface area contributed by atoms with Crippen molar-refractivity contribution in [2.24, 2.45) is 5.73 Å². The quantitative estimate of drug-likeness (QED) is 0.831. The Kier molecular flexibility index (Phi) is 3.21. The lowest BCUT2D eigenvalue weighted by molar-refractivity contribution is 0.357. The van der Waals surface area contributed by atoms with E-state index in [0.717, 1.165) is 0 Å². The number of rotatable bonds is 4. The van der Waals surface area contributed by atoms with Crippen LogP contribution < -0.4 is 5.73 Å². The fourth-order valence-electron chi connectivity index (χ4n) is 1.47. The number of likely N-dealkylation sites (N-methyl/N-ethyl adjacent to an activating group) is 1. The van der Waals surface area contributed by atoms with Gasteiger partial charge in [0.15, 0.2) is 5.82 Å². The predicted molar refractivity (Wildman–Crippen MR) is 60.0 cm³/mol. The Morgan fingerprint density at radius 1 is 1.41 bits per heavy atom. The van der Waals surface area contributed by atoms with Crippen molar-refractivity contribution in [3.8, 4) is 11.5 Å². The van der Waals surface area contributed by atoms with Crippen molar-refractivity contribution in [3.05, 3.63) is 17.8 Å². The molecule has 0 aliphatic heterocycles. The fraction of sp³-hybridized carbons (Fsp3) is 0.500. The molecule has 0 radical (unpaired) electrons. The molecule has 1 atom stereocenters. The van der Waals surface area contributed by atoms with Crippen LogP contribution in [0.3, 0.4) is 0 Å². The lowest BCUT2D eigenvalue weighted by atomic mass is 10.2. The lowest BCUT2D eigenvalue weighted by Gasteiger charge is -2.12. The molecule has 2 aromatic rings. The summed E-state index contributed by atoms with van der Waals surface area (Å²) in [6.45, 7) is 2.44. The molecule has 0 aliphatic rings. The summed E-state index contributed by atoms with van der Waals surface area (Å²) in [4.78, 5) is 6.20. The van der Waals surface area contributed by atoms with Crippen LogP contribution in [0.25, 0.3) is 11.5 Å². The third-order valence-corrected chi connectivity index (χ3v) is 2.32. The zero-order chi connectivity index (χ0) is 12.4. The molecule has 2 heterocycles. The summed E-state index contributed by atoms with van der Waals surface area (Å²) in [6, 6.07) is -0.275. The van der Waals surface area contributed by atoms with Crippen molar-refractivity contribution >= 4 is 0 Å². The average Bonchev–Trinajstić information content (AvgIpc) is 2.84. The molecule has 0 fully saturated rings. The summed E-state index contributed by atoms with van der Waals surface area (Å²) in [5.74, 6) is 1.50. The highest BCUT2D eigenvalue weighted by atomic mass is 16.5. The van der Waals surface area contributed by atoms with Gasteiger partial charge in [-0.2, -0.15) is 4.98 Å². The second-order valence-electron chi connectivity index (χ2n) is 4.12. The molecule has 2 aromatic heterocycles. The van der Waals surface area contributed by atoms with Crippen molar-refractivity contribution in [1.29, 1.82) is 0 Å². The molecule has 0 saturated carbocycles. The number of aryl methyl sites for hydroxylation is 1. The molecule has 0 amide bonds. The summed E-state index contributed by atoms with van der Waals surface area (Å²) in [7, 11) is 3.87. The summed E-state index contributed by atoms with van der Waals surface area (Å²) < 4.78 is 10.1. The van der Waals surface area contributed by atoms with E-state index in [4.69, 9.17) is 14.8 Å². The van der Waals surface area contributed by atoms with E-state index in [1.54, 1.807) is 13.1 Å². The largest absolute Gasteiger partial charge is 0.361 e. The molecule has 2 N–H and O–H groups in total. The van der Waals surface area contributed by atoms with E-state index in [0.29, 0.717) is 29.6 Å². The number of hydrogen-bond acceptors (Lipinski definition) is 7. The van der Waals surface area contributed by atoms with Crippen LogP contribution in [0.1, 0.15) is 17.6 Å². The van der Waals surface area contributed by atoms with E-state index >= 15 is 0 Å². The molecule has 2 rings (SSSR count). The van der Waals surface area contributed by atoms with Crippen molar-refractivity contribution in [3.63, 3.8) is 0 Å². The monoisotopic (exact) mass is 237 g/mol. The molecule has 0 saturated heterocycles. The lowest BCUT2D eigenvalue weighted by Crippen LogP contribution is -2.26. The first-order valence-electron chi connectivity index (χ1n) is 5.23. The molecule has 7 nitrogen and oxygen atoms in total. The van der Waals surface area contributed by atoms with E-state index in [2.05, 4.69) is 15.3 Å². The van der Waals surface area contributed by atoms with Gasteiger partial charge in [0.2, 0.25) is 0 Å². The van der Waals surface area contributed by atoms with Crippen LogP contribution in [0.5, 0.6) is 0 Å². The highest BCUT2D eigenvalue weighted by Crippen LogP contribution is 2.21. The first-order chi connectivity index (χ1) is 8.08. The van der Waals surface area contributed by atoms with Gasteiger partial charge >= 0.3 is 0 Å². The van der Waals surface area contributed by atoms with E-state index in [9.17, 15) is 0 Å². The summed E-state index contributed by atoms with van der Waals surface area (Å²) in [6.07, 6.45) is 1.55. The Labute approximate surface area is 98.6 Å². The van der Waals surface area contributed by atoms with Crippen LogP contribution in [0.2, 0.25) is 0 Å². The normalized spacial score (nSPS) is 13.2. The molecular formula is C10H15N5O2. The summed E-state index contributed by atoms with van der Waals surface area (Å²) >= 11 is 0. The molecule has 0 bridgehead atoms. The minimum absolute atomic E-state index is 0.275. The van der Waals surface area contributed by atoms with Gasteiger partial charge in [0, 0.05) is 6.54 Å². The van der Waals surface area contributed by atoms with Gasteiger partial charge in [-0.3, -0.25) is 0 Å². The Hall–Kier alpha value is -1.73. The number of nitrogens with zero attached hydrogens (tertiary/aromatic N) is 4. The SMILES string of the molecule is Cc1oncc1-c1nc(C(N)CN(C)C)no1. The van der Waals surface area contributed by atoms with Crippen LogP contribution in [0.15, 0.2) is 15.2 Å². The van der Waals surface area contributed by atoms with Crippen molar-refractivity contribution in [2.75, 3.05) is 20.6 Å². The van der Waals surface area contributed by atoms with Crippen molar-refractivity contribution in [1.82, 2.24) is 20.2 Å². The maximum Gasteiger partial charge on any atom is 0.263 e. The Morgan fingerprint density at radius 3 is 2.76 bits per heavy atom. The second kappa shape index (κ2) is 4.64. The maximum absolute atomic E-state index is 5.93. The van der Waals surface area contributed by atoms with Crippen LogP contribution in [-0.4, -0.2) is 40.8 Å². The van der Waals surface area contributed by atoms with Gasteiger partial charge in [0.05, 0.1) is 12.2 Å². The second-order valence-corrected chi connectivity index (χ2v) is 4.12. The zero-order valence-corrected chi connectivity index (χ0v) is 10.0. The van der Waals surface area contributed by atoms with Gasteiger partial charge in [-0.1, -0.05) is 10.3 Å². The molecule has 0 aliphatic carbocycles. The third kappa shape index (κ3) is 2.51. The van der Waals surface area contributed by atoms with Gasteiger partial charge in [-0.05, 0) is 21.0 Å². The van der Waals surface area contributed by atoms with Crippen molar-refractivity contribution in [2.45, 2.75) is 13.0 Å². The van der Waals surface area contributed by atoms with Crippen LogP contribution in [0, 0.1) is 6.92 Å². The molecule has 0 aromatic carbocycles. The van der Waals surface area contributed by atoms with Gasteiger partial charge in [-0.25, -0.2) is 0 Å². The molecule has 1 unspecified atom stereocenters. The number of nitrogens with two attached hydrogens (primary N) is 1. The van der Waals surface area contributed by atoms with E-state index in [1.807, 2.05) is 19.0 Å². The van der Waals surface area contributed by atoms with E-state index in [-0.39, 0.29) is 6.04 Å². The Morgan fingerprint density at radius 2 is 2.18 bits per heavy atom. The van der Waals surface area contributed by atoms with E-state index in [1.165, 1.54) is 0 Å². The summed E-state index contributed by atoms with van der Waals surface area (Å²) in [5, 5.41) is 7.52. The minimum atomic E-state index is -0.275. The highest BCUT2D eigenvalue weighted by molar-refractivity contribution is 5.53. The average molecular weight is 237 g/mol. The Bertz CT molecular complexity index is 490. The summed E-state index contributed by atoms with van der Waals surface area (Å²) in [5.41, 5.74) is 6.63. The standard InChI is InChI=1S/C10H15N5O2/c1-6-7(4-12-16-6)10-13-9(14-17-10)8(11)5-15(2)3/h4,8H,5,11H2,1-3H3. The number of hydrogen-bond donors (Lipinski definition) is 1. The first kappa shape index (κ1) is 11.7. The highest BCUT2D eigenvalue weighted by Gasteiger charge is 2.18. The van der Waals surface area contributed by atoms with Gasteiger partial charge in [0.25, 0.3) is 5.89 Å². The molecule has 17 heavy (non-hydrogen) atoms. The first-order valence-corrected chi connectivity index (χ1v) is 5.23. The third-order valence-electron chi connectivity index (χ3n) is 2.32. The number of aromatic nitrogens is 3. The van der Waals surface area contributed by atoms with E-state index < -0.39 is 0 Å². The molecule has 7 heteroatoms. The topological polar surface area (TPSA) is 94.2 Å². The smallest absolute Gasteiger partial charge is 0.263 e. The molecular weight excluding hydrogens is 222 g/mol. The molecule has 92 valence electrons. The van der Waals surface area contributed by atoms with Crippen LogP contribution >= 0.6 is 0 Å². The van der Waals surface area contributed by atoms with Gasteiger partial charge in [-0.15, -0.1) is 0 Å². The fourth-order valence-corrected chi connectivity index (χ4v) is 1.47. The molecule has 0 spiro atoms.